The van der Waals surface area contributed by atoms with Crippen LogP contribution in [0.1, 0.15) is 16.8 Å². The Balaban J connectivity index is 2.34. The number of benzene rings is 1. The highest BCUT2D eigenvalue weighted by molar-refractivity contribution is 5.72. The summed E-state index contributed by atoms with van der Waals surface area (Å²) in [6.07, 6.45) is 1.29. The van der Waals surface area contributed by atoms with Crippen molar-refractivity contribution in [2.45, 2.75) is 13.8 Å². The predicted octanol–water partition coefficient (Wildman–Crippen LogP) is 3.63. The lowest BCUT2D eigenvalue weighted by atomic mass is 10.0. The van der Waals surface area contributed by atoms with E-state index in [1.807, 2.05) is 32.0 Å². The van der Waals surface area contributed by atoms with E-state index in [9.17, 15) is 9.65 Å². The zero-order chi connectivity index (χ0) is 14.3. The number of aryl methyl sites for hydroxylation is 2. The number of fused-ring (bicyclic) bond motifs is 1. The molecule has 0 saturated carbocycles. The van der Waals surface area contributed by atoms with Crippen LogP contribution >= 0.6 is 0 Å². The maximum atomic E-state index is 13.3. The van der Waals surface area contributed by atoms with E-state index in [0.717, 1.165) is 16.7 Å². The van der Waals surface area contributed by atoms with E-state index in [1.54, 1.807) is 6.07 Å². The molecule has 0 fully saturated rings. The standard InChI is InChI=1S/C16H12FN3/c1-10-3-5-13(11(2)7-10)16-14(8-18)20-9-12(17)4-6-15(20)19-16/h3-7,9H,1-2H3. The van der Waals surface area contributed by atoms with Crippen molar-refractivity contribution in [2.24, 2.45) is 0 Å². The molecule has 4 heteroatoms. The second-order valence-corrected chi connectivity index (χ2v) is 4.81. The number of imidazole rings is 1. The van der Waals surface area contributed by atoms with E-state index in [-0.39, 0.29) is 0 Å². The number of aromatic nitrogens is 2. The van der Waals surface area contributed by atoms with Crippen molar-refractivity contribution in [3.63, 3.8) is 0 Å². The van der Waals surface area contributed by atoms with Crippen LogP contribution in [0, 0.1) is 31.0 Å². The highest BCUT2D eigenvalue weighted by atomic mass is 19.1. The van der Waals surface area contributed by atoms with Crippen LogP contribution < -0.4 is 0 Å². The summed E-state index contributed by atoms with van der Waals surface area (Å²) in [5.41, 5.74) is 4.61. The third kappa shape index (κ3) is 1.84. The zero-order valence-electron chi connectivity index (χ0n) is 11.2. The van der Waals surface area contributed by atoms with Crippen molar-refractivity contribution < 1.29 is 4.39 Å². The molecule has 0 bridgehead atoms. The Hall–Kier alpha value is -2.67. The topological polar surface area (TPSA) is 41.1 Å². The largest absolute Gasteiger partial charge is 0.288 e. The molecule has 0 aliphatic rings. The van der Waals surface area contributed by atoms with Crippen LogP contribution in [0.25, 0.3) is 16.9 Å². The summed E-state index contributed by atoms with van der Waals surface area (Å²) in [5, 5.41) is 9.37. The van der Waals surface area contributed by atoms with Gasteiger partial charge in [-0.15, -0.1) is 0 Å². The minimum atomic E-state index is -0.390. The highest BCUT2D eigenvalue weighted by Crippen LogP contribution is 2.27. The fraction of sp³-hybridized carbons (Fsp3) is 0.125. The molecule has 0 saturated heterocycles. The molecule has 0 unspecified atom stereocenters. The van der Waals surface area contributed by atoms with Gasteiger partial charge in [-0.2, -0.15) is 5.26 Å². The van der Waals surface area contributed by atoms with Crippen LogP contribution in [0.15, 0.2) is 36.5 Å². The van der Waals surface area contributed by atoms with E-state index < -0.39 is 5.82 Å². The Morgan fingerprint density at radius 3 is 2.70 bits per heavy atom. The number of pyridine rings is 1. The summed E-state index contributed by atoms with van der Waals surface area (Å²) in [4.78, 5) is 4.46. The summed E-state index contributed by atoms with van der Waals surface area (Å²) in [7, 11) is 0. The molecule has 3 nitrogen and oxygen atoms in total. The first-order valence-electron chi connectivity index (χ1n) is 6.25. The Morgan fingerprint density at radius 2 is 2.00 bits per heavy atom. The van der Waals surface area contributed by atoms with E-state index in [0.29, 0.717) is 17.0 Å². The summed E-state index contributed by atoms with van der Waals surface area (Å²) in [6.45, 7) is 4.00. The number of nitrogens with zero attached hydrogens (tertiary/aromatic N) is 3. The average molecular weight is 265 g/mol. The first-order chi connectivity index (χ1) is 9.60. The van der Waals surface area contributed by atoms with Gasteiger partial charge in [-0.05, 0) is 31.5 Å². The minimum absolute atomic E-state index is 0.353. The van der Waals surface area contributed by atoms with E-state index in [2.05, 4.69) is 11.1 Å². The Bertz CT molecular complexity index is 856. The van der Waals surface area contributed by atoms with Gasteiger partial charge in [-0.3, -0.25) is 4.40 Å². The zero-order valence-corrected chi connectivity index (χ0v) is 11.2. The molecule has 1 aromatic carbocycles. The maximum absolute atomic E-state index is 13.3. The van der Waals surface area contributed by atoms with Gasteiger partial charge in [0.15, 0.2) is 5.69 Å². The summed E-state index contributed by atoms with van der Waals surface area (Å²) in [5.74, 6) is -0.390. The second kappa shape index (κ2) is 4.46. The molecule has 98 valence electrons. The molecule has 0 aliphatic heterocycles. The van der Waals surface area contributed by atoms with Crippen LogP contribution in [0.4, 0.5) is 4.39 Å². The number of halogens is 1. The molecule has 0 amide bonds. The normalized spacial score (nSPS) is 10.7. The molecule has 0 spiro atoms. The van der Waals surface area contributed by atoms with Gasteiger partial charge in [-0.1, -0.05) is 23.8 Å². The third-order valence-electron chi connectivity index (χ3n) is 3.33. The SMILES string of the molecule is Cc1ccc(-c2nc3ccc(F)cn3c2C#N)c(C)c1. The van der Waals surface area contributed by atoms with Crippen molar-refractivity contribution in [1.82, 2.24) is 9.38 Å². The first-order valence-corrected chi connectivity index (χ1v) is 6.25. The van der Waals surface area contributed by atoms with Crippen LogP contribution in [0.5, 0.6) is 0 Å². The van der Waals surface area contributed by atoms with Gasteiger partial charge in [0, 0.05) is 11.8 Å². The van der Waals surface area contributed by atoms with E-state index >= 15 is 0 Å². The molecule has 0 radical (unpaired) electrons. The van der Waals surface area contributed by atoms with E-state index in [4.69, 9.17) is 0 Å². The summed E-state index contributed by atoms with van der Waals surface area (Å²) >= 11 is 0. The Labute approximate surface area is 115 Å². The van der Waals surface area contributed by atoms with Gasteiger partial charge in [-0.25, -0.2) is 9.37 Å². The quantitative estimate of drug-likeness (QED) is 0.674. The third-order valence-corrected chi connectivity index (χ3v) is 3.33. The van der Waals surface area contributed by atoms with Gasteiger partial charge in [0.05, 0.1) is 0 Å². The lowest BCUT2D eigenvalue weighted by Crippen LogP contribution is -1.91. The highest BCUT2D eigenvalue weighted by Gasteiger charge is 2.15. The van der Waals surface area contributed by atoms with Gasteiger partial charge >= 0.3 is 0 Å². The number of hydrogen-bond donors (Lipinski definition) is 0. The van der Waals surface area contributed by atoms with Gasteiger partial charge in [0.25, 0.3) is 0 Å². The van der Waals surface area contributed by atoms with Crippen LogP contribution in [0.3, 0.4) is 0 Å². The second-order valence-electron chi connectivity index (χ2n) is 4.81. The van der Waals surface area contributed by atoms with E-state index in [1.165, 1.54) is 16.7 Å². The van der Waals surface area contributed by atoms with Crippen LogP contribution in [-0.2, 0) is 0 Å². The smallest absolute Gasteiger partial charge is 0.152 e. The van der Waals surface area contributed by atoms with Gasteiger partial charge < -0.3 is 0 Å². The van der Waals surface area contributed by atoms with Crippen molar-refractivity contribution in [2.75, 3.05) is 0 Å². The molecular formula is C16H12FN3. The van der Waals surface area contributed by atoms with Crippen LogP contribution in [0.2, 0.25) is 0 Å². The molecular weight excluding hydrogens is 253 g/mol. The number of nitriles is 1. The molecule has 3 aromatic rings. The fourth-order valence-electron chi connectivity index (χ4n) is 2.39. The predicted molar refractivity (Wildman–Crippen MR) is 74.8 cm³/mol. The lowest BCUT2D eigenvalue weighted by molar-refractivity contribution is 0.619. The average Bonchev–Trinajstić information content (AvgIpc) is 2.76. The lowest BCUT2D eigenvalue weighted by Gasteiger charge is -2.04. The van der Waals surface area contributed by atoms with Gasteiger partial charge in [0.2, 0.25) is 0 Å². The first kappa shape index (κ1) is 12.4. The van der Waals surface area contributed by atoms with Crippen molar-refractivity contribution in [1.29, 1.82) is 5.26 Å². The molecule has 20 heavy (non-hydrogen) atoms. The fourth-order valence-corrected chi connectivity index (χ4v) is 2.39. The number of hydrogen-bond acceptors (Lipinski definition) is 2. The van der Waals surface area contributed by atoms with Crippen LogP contribution in [-0.4, -0.2) is 9.38 Å². The number of rotatable bonds is 1. The maximum Gasteiger partial charge on any atom is 0.152 e. The summed E-state index contributed by atoms with van der Waals surface area (Å²) < 4.78 is 14.8. The van der Waals surface area contributed by atoms with Crippen molar-refractivity contribution in [3.8, 4) is 17.3 Å². The Kier molecular flexibility index (Phi) is 2.76. The summed E-state index contributed by atoms with van der Waals surface area (Å²) in [6, 6.07) is 11.0. The molecule has 0 N–H and O–H groups in total. The molecule has 2 heterocycles. The Morgan fingerprint density at radius 1 is 1.20 bits per heavy atom. The van der Waals surface area contributed by atoms with Crippen molar-refractivity contribution in [3.05, 3.63) is 59.2 Å². The minimum Gasteiger partial charge on any atom is -0.288 e. The monoisotopic (exact) mass is 265 g/mol. The van der Waals surface area contributed by atoms with Gasteiger partial charge in [0.1, 0.15) is 23.2 Å². The van der Waals surface area contributed by atoms with Crippen molar-refractivity contribution >= 4 is 5.65 Å². The molecule has 2 aromatic heterocycles. The molecule has 3 rings (SSSR count). The molecule has 0 atom stereocenters. The molecule has 0 aliphatic carbocycles.